The normalized spacial score (nSPS) is 10.3. The lowest BCUT2D eigenvalue weighted by molar-refractivity contribution is -0.112. The quantitative estimate of drug-likeness (QED) is 0.651. The number of rotatable bonds is 2. The molecule has 0 spiro atoms. The molecule has 4 nitrogen and oxygen atoms in total. The predicted molar refractivity (Wildman–Crippen MR) is 70.7 cm³/mol. The van der Waals surface area contributed by atoms with Gasteiger partial charge in [-0.3, -0.25) is 4.79 Å². The van der Waals surface area contributed by atoms with Crippen LogP contribution in [0.1, 0.15) is 12.5 Å². The molecule has 0 radical (unpaired) electrons. The van der Waals surface area contributed by atoms with Gasteiger partial charge in [-0.2, -0.15) is 0 Å². The number of carbonyl (C=O) groups is 1. The van der Waals surface area contributed by atoms with E-state index in [9.17, 15) is 9.59 Å². The maximum Gasteiger partial charge on any atom is 0.336 e. The molecule has 0 atom stereocenters. The molecular formula is C14H13NO3. The summed E-state index contributed by atoms with van der Waals surface area (Å²) in [5.41, 5.74) is 1.90. The van der Waals surface area contributed by atoms with E-state index >= 15 is 0 Å². The lowest BCUT2D eigenvalue weighted by Crippen LogP contribution is -2.11. The number of nitrogens with one attached hydrogen (secondary N) is 1. The molecule has 1 amide bonds. The van der Waals surface area contributed by atoms with Crippen molar-refractivity contribution in [2.75, 3.05) is 5.32 Å². The van der Waals surface area contributed by atoms with Gasteiger partial charge in [0.2, 0.25) is 0 Å². The zero-order chi connectivity index (χ0) is 13.3. The van der Waals surface area contributed by atoms with Crippen molar-refractivity contribution in [1.29, 1.82) is 0 Å². The molecule has 0 aliphatic rings. The number of amides is 1. The van der Waals surface area contributed by atoms with Crippen molar-refractivity contribution in [3.8, 4) is 0 Å². The summed E-state index contributed by atoms with van der Waals surface area (Å²) in [6, 6.07) is 6.64. The second-order valence-electron chi connectivity index (χ2n) is 4.19. The fourth-order valence-corrected chi connectivity index (χ4v) is 1.64. The maximum atomic E-state index is 11.5. The van der Waals surface area contributed by atoms with Crippen molar-refractivity contribution in [3.05, 3.63) is 52.4 Å². The van der Waals surface area contributed by atoms with Crippen molar-refractivity contribution in [3.63, 3.8) is 0 Å². The van der Waals surface area contributed by atoms with E-state index in [-0.39, 0.29) is 5.91 Å². The zero-order valence-corrected chi connectivity index (χ0v) is 10.2. The largest absolute Gasteiger partial charge is 0.423 e. The van der Waals surface area contributed by atoms with E-state index in [0.717, 1.165) is 10.9 Å². The molecule has 0 saturated heterocycles. The number of anilines is 1. The molecule has 1 aromatic carbocycles. The van der Waals surface area contributed by atoms with Gasteiger partial charge in [-0.25, -0.2) is 4.79 Å². The average Bonchev–Trinajstić information content (AvgIpc) is 2.27. The summed E-state index contributed by atoms with van der Waals surface area (Å²) in [5, 5.41) is 3.52. The van der Waals surface area contributed by atoms with Crippen molar-refractivity contribution in [1.82, 2.24) is 0 Å². The number of fused-ring (bicyclic) bond motifs is 1. The molecule has 0 aliphatic heterocycles. The zero-order valence-electron chi connectivity index (χ0n) is 10.2. The van der Waals surface area contributed by atoms with Crippen LogP contribution in [0.25, 0.3) is 11.0 Å². The molecule has 0 bridgehead atoms. The Balaban J connectivity index is 2.47. The molecule has 0 fully saturated rings. The Morgan fingerprint density at radius 2 is 2.06 bits per heavy atom. The summed E-state index contributed by atoms with van der Waals surface area (Å²) < 4.78 is 5.10. The van der Waals surface area contributed by atoms with Crippen LogP contribution in [0.2, 0.25) is 0 Å². The Hall–Kier alpha value is -2.36. The number of hydrogen-bond acceptors (Lipinski definition) is 3. The third kappa shape index (κ3) is 2.32. The topological polar surface area (TPSA) is 59.3 Å². The number of aryl methyl sites for hydroxylation is 1. The van der Waals surface area contributed by atoms with E-state index in [4.69, 9.17) is 4.42 Å². The molecule has 0 aliphatic carbocycles. The van der Waals surface area contributed by atoms with E-state index < -0.39 is 5.63 Å². The first-order valence-electron chi connectivity index (χ1n) is 5.49. The number of carbonyl (C=O) groups excluding carboxylic acids is 1. The van der Waals surface area contributed by atoms with Crippen molar-refractivity contribution in [2.24, 2.45) is 0 Å². The molecule has 2 aromatic rings. The van der Waals surface area contributed by atoms with Crippen molar-refractivity contribution < 1.29 is 9.21 Å². The summed E-state index contributed by atoms with van der Waals surface area (Å²) in [4.78, 5) is 22.8. The van der Waals surface area contributed by atoms with Crippen LogP contribution in [0, 0.1) is 6.92 Å². The predicted octanol–water partition coefficient (Wildman–Crippen LogP) is 2.62. The molecule has 2 rings (SSSR count). The van der Waals surface area contributed by atoms with Crippen molar-refractivity contribution in [2.45, 2.75) is 13.8 Å². The minimum Gasteiger partial charge on any atom is -0.423 e. The van der Waals surface area contributed by atoms with Crippen LogP contribution in [0.4, 0.5) is 5.69 Å². The van der Waals surface area contributed by atoms with Crippen LogP contribution in [-0.4, -0.2) is 5.91 Å². The average molecular weight is 243 g/mol. The first kappa shape index (κ1) is 12.1. The molecule has 0 unspecified atom stereocenters. The van der Waals surface area contributed by atoms with Crippen LogP contribution in [0.3, 0.4) is 0 Å². The molecule has 1 aromatic heterocycles. The van der Waals surface area contributed by atoms with Gasteiger partial charge in [0.15, 0.2) is 0 Å². The van der Waals surface area contributed by atoms with Gasteiger partial charge in [0.25, 0.3) is 5.91 Å². The highest BCUT2D eigenvalue weighted by atomic mass is 16.4. The standard InChI is InChI=1S/C14H13NO3/c1-8(2)14(17)15-10-4-5-11-9(3)6-13(16)18-12(11)7-10/h4-7H,1H2,2-3H3,(H,15,17). The summed E-state index contributed by atoms with van der Waals surface area (Å²) in [7, 11) is 0. The minimum absolute atomic E-state index is 0.260. The van der Waals surface area contributed by atoms with Crippen LogP contribution in [0.5, 0.6) is 0 Å². The SMILES string of the molecule is C=C(C)C(=O)Nc1ccc2c(C)cc(=O)oc2c1. The van der Waals surface area contributed by atoms with E-state index in [2.05, 4.69) is 11.9 Å². The molecule has 1 N–H and O–H groups in total. The van der Waals surface area contributed by atoms with Gasteiger partial charge in [0.05, 0.1) is 0 Å². The van der Waals surface area contributed by atoms with Gasteiger partial charge in [-0.15, -0.1) is 0 Å². The number of benzene rings is 1. The third-order valence-electron chi connectivity index (χ3n) is 2.60. The molecule has 18 heavy (non-hydrogen) atoms. The Morgan fingerprint density at radius 3 is 2.72 bits per heavy atom. The van der Waals surface area contributed by atoms with Gasteiger partial charge >= 0.3 is 5.63 Å². The summed E-state index contributed by atoms with van der Waals surface area (Å²) in [5.74, 6) is -0.260. The van der Waals surface area contributed by atoms with E-state index in [0.29, 0.717) is 16.8 Å². The highest BCUT2D eigenvalue weighted by Crippen LogP contribution is 2.20. The molecular weight excluding hydrogens is 230 g/mol. The minimum atomic E-state index is -0.400. The summed E-state index contributed by atoms with van der Waals surface area (Å²) in [6.07, 6.45) is 0. The monoisotopic (exact) mass is 243 g/mol. The van der Waals surface area contributed by atoms with E-state index in [1.165, 1.54) is 6.07 Å². The molecule has 1 heterocycles. The van der Waals surface area contributed by atoms with Gasteiger partial charge < -0.3 is 9.73 Å². The maximum absolute atomic E-state index is 11.5. The van der Waals surface area contributed by atoms with Crippen molar-refractivity contribution >= 4 is 22.6 Å². The van der Waals surface area contributed by atoms with Crippen LogP contribution in [0.15, 0.2) is 45.6 Å². The highest BCUT2D eigenvalue weighted by Gasteiger charge is 2.06. The van der Waals surface area contributed by atoms with Gasteiger partial charge in [0.1, 0.15) is 5.58 Å². The number of hydrogen-bond donors (Lipinski definition) is 1. The van der Waals surface area contributed by atoms with Crippen LogP contribution >= 0.6 is 0 Å². The third-order valence-corrected chi connectivity index (χ3v) is 2.60. The second-order valence-corrected chi connectivity index (χ2v) is 4.19. The summed E-state index contributed by atoms with van der Waals surface area (Å²) >= 11 is 0. The van der Waals surface area contributed by atoms with Gasteiger partial charge in [-0.1, -0.05) is 6.58 Å². The highest BCUT2D eigenvalue weighted by molar-refractivity contribution is 6.03. The van der Waals surface area contributed by atoms with Gasteiger partial charge in [0, 0.05) is 28.8 Å². The molecule has 92 valence electrons. The van der Waals surface area contributed by atoms with Gasteiger partial charge in [-0.05, 0) is 31.5 Å². The first-order valence-corrected chi connectivity index (χ1v) is 5.49. The smallest absolute Gasteiger partial charge is 0.336 e. The van der Waals surface area contributed by atoms with E-state index in [1.807, 2.05) is 13.0 Å². The first-order chi connectivity index (χ1) is 8.47. The lowest BCUT2D eigenvalue weighted by atomic mass is 10.1. The fraction of sp³-hybridized carbons (Fsp3) is 0.143. The lowest BCUT2D eigenvalue weighted by Gasteiger charge is -2.06. The second kappa shape index (κ2) is 4.49. The Kier molecular flexibility index (Phi) is 3.02. The van der Waals surface area contributed by atoms with E-state index in [1.54, 1.807) is 19.1 Å². The molecule has 4 heteroatoms. The fourth-order valence-electron chi connectivity index (χ4n) is 1.64. The van der Waals surface area contributed by atoms with Crippen LogP contribution < -0.4 is 10.9 Å². The Bertz CT molecular complexity index is 698. The Morgan fingerprint density at radius 1 is 1.33 bits per heavy atom. The Labute approximate surface area is 104 Å². The molecule has 0 saturated carbocycles. The summed E-state index contributed by atoms with van der Waals surface area (Å²) in [6.45, 7) is 7.02. The van der Waals surface area contributed by atoms with Crippen LogP contribution in [-0.2, 0) is 4.79 Å².